The van der Waals surface area contributed by atoms with Crippen LogP contribution in [0.1, 0.15) is 33.9 Å². The zero-order valence-corrected chi connectivity index (χ0v) is 16.8. The molecule has 0 aliphatic carbocycles. The van der Waals surface area contributed by atoms with Crippen molar-refractivity contribution in [3.8, 4) is 5.95 Å². The summed E-state index contributed by atoms with van der Waals surface area (Å²) >= 11 is 6.03. The highest BCUT2D eigenvalue weighted by atomic mass is 35.5. The van der Waals surface area contributed by atoms with Crippen molar-refractivity contribution >= 4 is 23.2 Å². The molecule has 0 unspecified atom stereocenters. The molecule has 3 aromatic rings. The number of nitrogens with zero attached hydrogens (tertiary/aromatic N) is 4. The molecular weight excluding hydrogens is 362 g/mol. The quantitative estimate of drug-likeness (QED) is 0.737. The summed E-state index contributed by atoms with van der Waals surface area (Å²) in [5, 5.41) is 8.06. The number of hydrogen-bond acceptors (Lipinski definition) is 4. The number of nitrogens with one attached hydrogen (secondary N) is 1. The number of benzene rings is 1. The summed E-state index contributed by atoms with van der Waals surface area (Å²) in [6.45, 7) is 9.59. The molecule has 0 radical (unpaired) electrons. The Bertz CT molecular complexity index is 1010. The smallest absolute Gasteiger partial charge is 0.251 e. The lowest BCUT2D eigenvalue weighted by Gasteiger charge is -2.09. The van der Waals surface area contributed by atoms with Gasteiger partial charge in [-0.25, -0.2) is 14.6 Å². The van der Waals surface area contributed by atoms with Gasteiger partial charge in [0.2, 0.25) is 5.91 Å². The highest BCUT2D eigenvalue weighted by molar-refractivity contribution is 6.31. The first-order chi connectivity index (χ1) is 12.7. The van der Waals surface area contributed by atoms with E-state index in [1.807, 2.05) is 46.8 Å². The second kappa shape index (κ2) is 7.48. The Morgan fingerprint density at radius 1 is 1.07 bits per heavy atom. The van der Waals surface area contributed by atoms with Gasteiger partial charge in [-0.2, -0.15) is 5.10 Å². The number of halogens is 1. The Morgan fingerprint density at radius 2 is 1.74 bits per heavy atom. The molecule has 3 rings (SSSR count). The van der Waals surface area contributed by atoms with Crippen LogP contribution in [0.2, 0.25) is 5.02 Å². The van der Waals surface area contributed by atoms with Crippen LogP contribution in [0.4, 0.5) is 5.69 Å². The fraction of sp³-hybridized carbons (Fsp3) is 0.300. The lowest BCUT2D eigenvalue weighted by molar-refractivity contribution is -0.115. The molecule has 1 amide bonds. The molecule has 0 aliphatic rings. The maximum atomic E-state index is 12.6. The molecule has 0 bridgehead atoms. The number of aromatic nitrogens is 4. The summed E-state index contributed by atoms with van der Waals surface area (Å²) in [5.41, 5.74) is 5.94. The van der Waals surface area contributed by atoms with Crippen molar-refractivity contribution in [3.05, 3.63) is 63.2 Å². The molecule has 0 aliphatic heterocycles. The van der Waals surface area contributed by atoms with Crippen LogP contribution in [0.3, 0.4) is 0 Å². The summed E-state index contributed by atoms with van der Waals surface area (Å²) < 4.78 is 1.70. The van der Waals surface area contributed by atoms with Crippen LogP contribution in [0.15, 0.2) is 24.3 Å². The molecule has 0 saturated carbocycles. The maximum Gasteiger partial charge on any atom is 0.251 e. The first-order valence-electron chi connectivity index (χ1n) is 8.68. The zero-order chi connectivity index (χ0) is 19.7. The van der Waals surface area contributed by atoms with E-state index >= 15 is 0 Å². The summed E-state index contributed by atoms with van der Waals surface area (Å²) in [7, 11) is 0. The summed E-state index contributed by atoms with van der Waals surface area (Å²) in [4.78, 5) is 21.5. The minimum Gasteiger partial charge on any atom is -0.326 e. The standard InChI is InChI=1S/C20H22ClN5O/c1-11-6-7-16(21)9-18(11)24-19(27)10-17-14(4)25-26(15(17)5)20-22-12(2)8-13(3)23-20/h6-9H,10H2,1-5H3,(H,24,27). The molecule has 0 fully saturated rings. The van der Waals surface area contributed by atoms with Gasteiger partial charge in [-0.3, -0.25) is 4.79 Å². The maximum absolute atomic E-state index is 12.6. The minimum absolute atomic E-state index is 0.118. The van der Waals surface area contributed by atoms with Crippen LogP contribution in [-0.2, 0) is 11.2 Å². The van der Waals surface area contributed by atoms with Crippen LogP contribution in [0, 0.1) is 34.6 Å². The molecule has 6 nitrogen and oxygen atoms in total. The fourth-order valence-electron chi connectivity index (χ4n) is 3.01. The number of carbonyl (C=O) groups is 1. The molecule has 0 spiro atoms. The van der Waals surface area contributed by atoms with Crippen LogP contribution in [0.25, 0.3) is 5.95 Å². The number of aryl methyl sites for hydroxylation is 4. The Hall–Kier alpha value is -2.73. The van der Waals surface area contributed by atoms with Crippen LogP contribution in [-0.4, -0.2) is 25.7 Å². The molecule has 140 valence electrons. The molecule has 27 heavy (non-hydrogen) atoms. The van der Waals surface area contributed by atoms with E-state index in [1.165, 1.54) is 0 Å². The predicted molar refractivity (Wildman–Crippen MR) is 107 cm³/mol. The summed E-state index contributed by atoms with van der Waals surface area (Å²) in [5.74, 6) is 0.401. The number of carbonyl (C=O) groups excluding carboxylic acids is 1. The fourth-order valence-corrected chi connectivity index (χ4v) is 3.18. The normalized spacial score (nSPS) is 10.9. The first kappa shape index (κ1) is 19.0. The van der Waals surface area contributed by atoms with E-state index in [0.717, 1.165) is 33.9 Å². The van der Waals surface area contributed by atoms with Crippen molar-refractivity contribution in [2.75, 3.05) is 5.32 Å². The van der Waals surface area contributed by atoms with E-state index in [4.69, 9.17) is 11.6 Å². The van der Waals surface area contributed by atoms with Gasteiger partial charge in [-0.05, 0) is 58.4 Å². The molecule has 1 aromatic carbocycles. The van der Waals surface area contributed by atoms with E-state index in [1.54, 1.807) is 16.8 Å². The topological polar surface area (TPSA) is 72.7 Å². The van der Waals surface area contributed by atoms with Gasteiger partial charge in [0.05, 0.1) is 12.1 Å². The lowest BCUT2D eigenvalue weighted by atomic mass is 10.1. The monoisotopic (exact) mass is 383 g/mol. The van der Waals surface area contributed by atoms with Gasteiger partial charge in [0, 0.05) is 33.4 Å². The van der Waals surface area contributed by atoms with Crippen molar-refractivity contribution in [1.82, 2.24) is 19.7 Å². The van der Waals surface area contributed by atoms with Crippen LogP contribution < -0.4 is 5.32 Å². The third-order valence-corrected chi connectivity index (χ3v) is 4.65. The molecule has 2 heterocycles. The highest BCUT2D eigenvalue weighted by Crippen LogP contribution is 2.22. The second-order valence-electron chi connectivity index (χ2n) is 6.70. The van der Waals surface area contributed by atoms with E-state index < -0.39 is 0 Å². The molecule has 0 saturated heterocycles. The van der Waals surface area contributed by atoms with Crippen molar-refractivity contribution < 1.29 is 4.79 Å². The third-order valence-electron chi connectivity index (χ3n) is 4.41. The largest absolute Gasteiger partial charge is 0.326 e. The Balaban J connectivity index is 1.86. The van der Waals surface area contributed by atoms with Crippen LogP contribution >= 0.6 is 11.6 Å². The van der Waals surface area contributed by atoms with E-state index in [-0.39, 0.29) is 12.3 Å². The Kier molecular flexibility index (Phi) is 5.28. The van der Waals surface area contributed by atoms with E-state index in [9.17, 15) is 4.79 Å². The van der Waals surface area contributed by atoms with Gasteiger partial charge in [0.15, 0.2) is 0 Å². The Morgan fingerprint density at radius 3 is 2.41 bits per heavy atom. The van der Waals surface area contributed by atoms with Gasteiger partial charge in [-0.15, -0.1) is 0 Å². The molecule has 1 N–H and O–H groups in total. The van der Waals surface area contributed by atoms with Gasteiger partial charge in [-0.1, -0.05) is 17.7 Å². The van der Waals surface area contributed by atoms with Crippen molar-refractivity contribution in [2.45, 2.75) is 41.0 Å². The molecule has 0 atom stereocenters. The average Bonchev–Trinajstić information content (AvgIpc) is 2.85. The SMILES string of the molecule is Cc1cc(C)nc(-n2nc(C)c(CC(=O)Nc3cc(Cl)ccc3C)c2C)n1. The van der Waals surface area contributed by atoms with Gasteiger partial charge < -0.3 is 5.32 Å². The average molecular weight is 384 g/mol. The third kappa shape index (κ3) is 4.17. The molecule has 2 aromatic heterocycles. The molecular formula is C20H22ClN5O. The van der Waals surface area contributed by atoms with Crippen molar-refractivity contribution in [2.24, 2.45) is 0 Å². The lowest BCUT2D eigenvalue weighted by Crippen LogP contribution is -2.16. The Labute approximate surface area is 163 Å². The minimum atomic E-state index is -0.118. The summed E-state index contributed by atoms with van der Waals surface area (Å²) in [6.07, 6.45) is 0.217. The second-order valence-corrected chi connectivity index (χ2v) is 7.13. The highest BCUT2D eigenvalue weighted by Gasteiger charge is 2.18. The number of amides is 1. The van der Waals surface area contributed by atoms with Crippen molar-refractivity contribution in [3.63, 3.8) is 0 Å². The zero-order valence-electron chi connectivity index (χ0n) is 16.1. The van der Waals surface area contributed by atoms with Gasteiger partial charge >= 0.3 is 0 Å². The number of anilines is 1. The first-order valence-corrected chi connectivity index (χ1v) is 9.06. The number of hydrogen-bond donors (Lipinski definition) is 1. The van der Waals surface area contributed by atoms with Gasteiger partial charge in [0.1, 0.15) is 0 Å². The van der Waals surface area contributed by atoms with Crippen LogP contribution in [0.5, 0.6) is 0 Å². The van der Waals surface area contributed by atoms with Gasteiger partial charge in [0.25, 0.3) is 5.95 Å². The predicted octanol–water partition coefficient (Wildman–Crippen LogP) is 4.04. The molecule has 7 heteroatoms. The number of rotatable bonds is 4. The van der Waals surface area contributed by atoms with E-state index in [0.29, 0.717) is 16.7 Å². The van der Waals surface area contributed by atoms with E-state index in [2.05, 4.69) is 20.4 Å². The van der Waals surface area contributed by atoms with Crippen molar-refractivity contribution in [1.29, 1.82) is 0 Å². The summed E-state index contributed by atoms with van der Waals surface area (Å²) in [6, 6.07) is 7.34.